The molecule has 0 saturated heterocycles. The molecule has 0 aliphatic carbocycles. The first-order valence-electron chi connectivity index (χ1n) is 5.82. The topological polar surface area (TPSA) is 68.8 Å². The number of hydrogen-bond donors (Lipinski definition) is 2. The van der Waals surface area contributed by atoms with Crippen LogP contribution in [0.1, 0.15) is 24.2 Å². The number of nitrogens with one attached hydrogen (secondary N) is 1. The molecular weight excluding hydrogens is 250 g/mol. The minimum Gasteiger partial charge on any atom is -0.273 e. The zero-order valence-corrected chi connectivity index (χ0v) is 10.9. The Hall–Kier alpha value is -1.43. The van der Waals surface area contributed by atoms with Crippen molar-refractivity contribution in [2.24, 2.45) is 5.84 Å². The van der Waals surface area contributed by atoms with Gasteiger partial charge in [-0.2, -0.15) is 5.10 Å². The number of nitrogens with zero attached hydrogens (tertiary/aromatic N) is 3. The monoisotopic (exact) mass is 265 g/mol. The fourth-order valence-corrected chi connectivity index (χ4v) is 2.06. The van der Waals surface area contributed by atoms with Crippen molar-refractivity contribution in [3.8, 4) is 0 Å². The maximum absolute atomic E-state index is 6.12. The summed E-state index contributed by atoms with van der Waals surface area (Å²) < 4.78 is 1.88. The Morgan fingerprint density at radius 3 is 3.00 bits per heavy atom. The van der Waals surface area contributed by atoms with Gasteiger partial charge in [0.2, 0.25) is 0 Å². The normalized spacial score (nSPS) is 12.6. The van der Waals surface area contributed by atoms with Crippen molar-refractivity contribution in [2.45, 2.75) is 25.9 Å². The third kappa shape index (κ3) is 2.87. The molecule has 6 heteroatoms. The Morgan fingerprint density at radius 2 is 2.39 bits per heavy atom. The van der Waals surface area contributed by atoms with Gasteiger partial charge in [0.15, 0.2) is 0 Å². The van der Waals surface area contributed by atoms with Gasteiger partial charge in [-0.3, -0.25) is 20.9 Å². The minimum atomic E-state index is -0.117. The molecule has 0 radical (unpaired) electrons. The van der Waals surface area contributed by atoms with E-state index in [1.165, 1.54) is 0 Å². The van der Waals surface area contributed by atoms with Crippen molar-refractivity contribution in [1.29, 1.82) is 0 Å². The average Bonchev–Trinajstić information content (AvgIpc) is 2.85. The van der Waals surface area contributed by atoms with E-state index in [1.807, 2.05) is 30.1 Å². The zero-order chi connectivity index (χ0) is 13.0. The van der Waals surface area contributed by atoms with Gasteiger partial charge in [0.05, 0.1) is 23.0 Å². The summed E-state index contributed by atoms with van der Waals surface area (Å²) in [6.45, 7) is 2.90. The molecule has 2 aromatic rings. The lowest BCUT2D eigenvalue weighted by Gasteiger charge is -2.15. The molecule has 96 valence electrons. The van der Waals surface area contributed by atoms with Gasteiger partial charge < -0.3 is 0 Å². The van der Waals surface area contributed by atoms with E-state index < -0.39 is 0 Å². The highest BCUT2D eigenvalue weighted by molar-refractivity contribution is 6.31. The second-order valence-electron chi connectivity index (χ2n) is 4.00. The second-order valence-corrected chi connectivity index (χ2v) is 4.41. The largest absolute Gasteiger partial charge is 0.273 e. The van der Waals surface area contributed by atoms with Crippen LogP contribution in [0.4, 0.5) is 0 Å². The smallest absolute Gasteiger partial charge is 0.0775 e. The molecule has 0 spiro atoms. The van der Waals surface area contributed by atoms with E-state index >= 15 is 0 Å². The molecule has 18 heavy (non-hydrogen) atoms. The molecule has 0 aromatic carbocycles. The molecule has 0 aliphatic rings. The van der Waals surface area contributed by atoms with E-state index in [-0.39, 0.29) is 6.04 Å². The van der Waals surface area contributed by atoms with Crippen molar-refractivity contribution < 1.29 is 0 Å². The molecule has 2 aromatic heterocycles. The number of halogens is 1. The van der Waals surface area contributed by atoms with E-state index in [2.05, 4.69) is 15.5 Å². The fraction of sp³-hybridized carbons (Fsp3) is 0.333. The van der Waals surface area contributed by atoms with E-state index in [1.54, 1.807) is 12.3 Å². The highest BCUT2D eigenvalue weighted by Crippen LogP contribution is 2.22. The summed E-state index contributed by atoms with van der Waals surface area (Å²) in [5.41, 5.74) is 4.61. The Bertz CT molecular complexity index is 511. The third-order valence-corrected chi connectivity index (χ3v) is 3.09. The molecule has 3 N–H and O–H groups in total. The zero-order valence-electron chi connectivity index (χ0n) is 10.2. The molecule has 0 bridgehead atoms. The maximum Gasteiger partial charge on any atom is 0.0775 e. The fourth-order valence-electron chi connectivity index (χ4n) is 1.81. The Balaban J connectivity index is 2.17. The quantitative estimate of drug-likeness (QED) is 0.638. The van der Waals surface area contributed by atoms with Crippen LogP contribution in [0.3, 0.4) is 0 Å². The summed E-state index contributed by atoms with van der Waals surface area (Å²) in [6, 6.07) is 3.49. The van der Waals surface area contributed by atoms with Gasteiger partial charge >= 0.3 is 0 Å². The molecule has 1 unspecified atom stereocenters. The van der Waals surface area contributed by atoms with Crippen LogP contribution >= 0.6 is 11.6 Å². The number of aryl methyl sites for hydroxylation is 1. The molecule has 0 saturated carbocycles. The molecule has 2 heterocycles. The number of rotatable bonds is 5. The van der Waals surface area contributed by atoms with Crippen molar-refractivity contribution in [3.63, 3.8) is 0 Å². The highest BCUT2D eigenvalue weighted by atomic mass is 35.5. The van der Waals surface area contributed by atoms with E-state index in [0.29, 0.717) is 11.4 Å². The second kappa shape index (κ2) is 5.95. The lowest BCUT2D eigenvalue weighted by molar-refractivity contribution is 0.538. The van der Waals surface area contributed by atoms with E-state index in [4.69, 9.17) is 17.4 Å². The molecule has 1 atom stereocenters. The lowest BCUT2D eigenvalue weighted by atomic mass is 10.1. The predicted octanol–water partition coefficient (Wildman–Crippen LogP) is 1.70. The number of hydrazine groups is 1. The number of pyridine rings is 1. The summed E-state index contributed by atoms with van der Waals surface area (Å²) >= 11 is 6.12. The van der Waals surface area contributed by atoms with Crippen LogP contribution in [0.15, 0.2) is 30.7 Å². The third-order valence-electron chi connectivity index (χ3n) is 2.77. The lowest BCUT2D eigenvalue weighted by Crippen LogP contribution is -2.30. The predicted molar refractivity (Wildman–Crippen MR) is 70.9 cm³/mol. The van der Waals surface area contributed by atoms with Crippen LogP contribution in [0, 0.1) is 0 Å². The Labute approximate surface area is 111 Å². The van der Waals surface area contributed by atoms with Crippen LogP contribution in [0.2, 0.25) is 5.02 Å². The summed E-state index contributed by atoms with van der Waals surface area (Å²) in [6.07, 6.45) is 6.25. The van der Waals surface area contributed by atoms with Gasteiger partial charge in [-0.05, 0) is 31.0 Å². The maximum atomic E-state index is 6.12. The molecule has 0 amide bonds. The van der Waals surface area contributed by atoms with Crippen LogP contribution in [0.5, 0.6) is 0 Å². The molecule has 5 nitrogen and oxygen atoms in total. The highest BCUT2D eigenvalue weighted by Gasteiger charge is 2.15. The van der Waals surface area contributed by atoms with Crippen LogP contribution < -0.4 is 11.3 Å². The summed E-state index contributed by atoms with van der Waals surface area (Å²) in [4.78, 5) is 4.27. The number of hydrogen-bond acceptors (Lipinski definition) is 4. The number of aromatic nitrogens is 3. The van der Waals surface area contributed by atoms with Crippen molar-refractivity contribution in [2.75, 3.05) is 0 Å². The van der Waals surface area contributed by atoms with Gasteiger partial charge in [0, 0.05) is 18.9 Å². The Kier molecular flexibility index (Phi) is 4.30. The molecule has 2 rings (SSSR count). The molecular formula is C12H16ClN5. The van der Waals surface area contributed by atoms with Crippen molar-refractivity contribution >= 4 is 11.6 Å². The number of nitrogens with two attached hydrogens (primary N) is 1. The van der Waals surface area contributed by atoms with Crippen LogP contribution in [-0.4, -0.2) is 14.8 Å². The van der Waals surface area contributed by atoms with Crippen LogP contribution in [-0.2, 0) is 13.0 Å². The van der Waals surface area contributed by atoms with Gasteiger partial charge in [0.25, 0.3) is 0 Å². The molecule has 0 aliphatic heterocycles. The van der Waals surface area contributed by atoms with Gasteiger partial charge in [-0.15, -0.1) is 0 Å². The minimum absolute atomic E-state index is 0.117. The SMILES string of the molecule is CCn1cc(CC(NN)c2ncccc2Cl)cn1. The first-order valence-corrected chi connectivity index (χ1v) is 6.20. The van der Waals surface area contributed by atoms with Gasteiger partial charge in [0.1, 0.15) is 0 Å². The first kappa shape index (κ1) is 13.0. The van der Waals surface area contributed by atoms with Crippen molar-refractivity contribution in [3.05, 3.63) is 47.0 Å². The standard InChI is InChI=1S/C12H16ClN5/c1-2-18-8-9(7-16-18)6-11(17-14)12-10(13)4-3-5-15-12/h3-5,7-8,11,17H,2,6,14H2,1H3. The van der Waals surface area contributed by atoms with Gasteiger partial charge in [-0.25, -0.2) is 0 Å². The average molecular weight is 266 g/mol. The molecule has 0 fully saturated rings. The van der Waals surface area contributed by atoms with Crippen LogP contribution in [0.25, 0.3) is 0 Å². The first-order chi connectivity index (χ1) is 8.74. The van der Waals surface area contributed by atoms with Gasteiger partial charge in [-0.1, -0.05) is 11.6 Å². The van der Waals surface area contributed by atoms with E-state index in [9.17, 15) is 0 Å². The summed E-state index contributed by atoms with van der Waals surface area (Å²) in [5.74, 6) is 5.58. The summed E-state index contributed by atoms with van der Waals surface area (Å²) in [5, 5.41) is 4.85. The van der Waals surface area contributed by atoms with Crippen molar-refractivity contribution in [1.82, 2.24) is 20.2 Å². The Morgan fingerprint density at radius 1 is 1.56 bits per heavy atom. The summed E-state index contributed by atoms with van der Waals surface area (Å²) in [7, 11) is 0. The van der Waals surface area contributed by atoms with E-state index in [0.717, 1.165) is 17.8 Å².